The second kappa shape index (κ2) is 6.62. The highest BCUT2D eigenvalue weighted by molar-refractivity contribution is 5.77. The van der Waals surface area contributed by atoms with Gasteiger partial charge in [0.2, 0.25) is 23.2 Å². The first-order valence-electron chi connectivity index (χ1n) is 6.05. The number of nitrogens with one attached hydrogen (secondary N) is 2. The molecule has 0 aromatic carbocycles. The van der Waals surface area contributed by atoms with Crippen molar-refractivity contribution in [2.75, 3.05) is 13.2 Å². The molecule has 0 spiro atoms. The molecule has 0 fully saturated rings. The number of ether oxygens (including phenoxy) is 1. The standard InChI is InChI=1S/C12H14N4O4/c1-2-19-7-10(18)14-6-11-15-12(16-20-11)8-3-4-13-9(17)5-8/h3-5H,2,6-7H2,1H3,(H,13,17)(H,14,18). The number of pyridine rings is 1. The Morgan fingerprint density at radius 3 is 3.15 bits per heavy atom. The summed E-state index contributed by atoms with van der Waals surface area (Å²) in [6, 6.07) is 3.02. The maximum absolute atomic E-state index is 11.3. The van der Waals surface area contributed by atoms with Crippen LogP contribution in [0.25, 0.3) is 11.4 Å². The van der Waals surface area contributed by atoms with Crippen molar-refractivity contribution in [2.45, 2.75) is 13.5 Å². The molecule has 8 nitrogen and oxygen atoms in total. The van der Waals surface area contributed by atoms with Gasteiger partial charge in [-0.05, 0) is 13.0 Å². The van der Waals surface area contributed by atoms with E-state index in [-0.39, 0.29) is 30.5 Å². The Labute approximate surface area is 114 Å². The Morgan fingerprint density at radius 1 is 1.55 bits per heavy atom. The molecule has 0 unspecified atom stereocenters. The van der Waals surface area contributed by atoms with Crippen molar-refractivity contribution in [1.82, 2.24) is 20.4 Å². The number of carbonyl (C=O) groups is 1. The predicted octanol–water partition coefficient (Wildman–Crippen LogP) is 0.0776. The average molecular weight is 278 g/mol. The van der Waals surface area contributed by atoms with E-state index in [1.165, 1.54) is 12.3 Å². The van der Waals surface area contributed by atoms with E-state index >= 15 is 0 Å². The molecule has 2 N–H and O–H groups in total. The van der Waals surface area contributed by atoms with E-state index < -0.39 is 0 Å². The Morgan fingerprint density at radius 2 is 2.40 bits per heavy atom. The van der Waals surface area contributed by atoms with Gasteiger partial charge in [-0.25, -0.2) is 0 Å². The quantitative estimate of drug-likeness (QED) is 0.774. The van der Waals surface area contributed by atoms with Gasteiger partial charge in [0.15, 0.2) is 0 Å². The highest BCUT2D eigenvalue weighted by atomic mass is 16.5. The van der Waals surface area contributed by atoms with Crippen molar-refractivity contribution in [3.63, 3.8) is 0 Å². The molecule has 0 bridgehead atoms. The zero-order valence-corrected chi connectivity index (χ0v) is 10.9. The van der Waals surface area contributed by atoms with Crippen LogP contribution in [0.2, 0.25) is 0 Å². The average Bonchev–Trinajstić information content (AvgIpc) is 2.92. The molecule has 0 saturated carbocycles. The lowest BCUT2D eigenvalue weighted by molar-refractivity contribution is -0.125. The van der Waals surface area contributed by atoms with Gasteiger partial charge in [-0.3, -0.25) is 9.59 Å². The van der Waals surface area contributed by atoms with E-state index in [1.54, 1.807) is 13.0 Å². The number of hydrogen-bond donors (Lipinski definition) is 2. The first kappa shape index (κ1) is 13.9. The van der Waals surface area contributed by atoms with Gasteiger partial charge in [-0.2, -0.15) is 4.98 Å². The molecular weight excluding hydrogens is 264 g/mol. The summed E-state index contributed by atoms with van der Waals surface area (Å²) in [6.45, 7) is 2.38. The molecule has 106 valence electrons. The van der Waals surface area contributed by atoms with Gasteiger partial charge in [0.05, 0.1) is 6.54 Å². The zero-order chi connectivity index (χ0) is 14.4. The molecule has 2 aromatic rings. The van der Waals surface area contributed by atoms with E-state index in [0.717, 1.165) is 0 Å². The summed E-state index contributed by atoms with van der Waals surface area (Å²) in [7, 11) is 0. The summed E-state index contributed by atoms with van der Waals surface area (Å²) in [5.41, 5.74) is 0.295. The van der Waals surface area contributed by atoms with E-state index in [1.807, 2.05) is 0 Å². The van der Waals surface area contributed by atoms with E-state index in [0.29, 0.717) is 18.0 Å². The number of rotatable bonds is 6. The van der Waals surface area contributed by atoms with Gasteiger partial charge >= 0.3 is 0 Å². The highest BCUT2D eigenvalue weighted by Crippen LogP contribution is 2.12. The van der Waals surface area contributed by atoms with Crippen LogP contribution in [-0.2, 0) is 16.1 Å². The van der Waals surface area contributed by atoms with E-state index in [4.69, 9.17) is 9.26 Å². The summed E-state index contributed by atoms with van der Waals surface area (Å²) >= 11 is 0. The number of amides is 1. The van der Waals surface area contributed by atoms with Crippen LogP contribution in [0.5, 0.6) is 0 Å². The van der Waals surface area contributed by atoms with Gasteiger partial charge in [0.25, 0.3) is 0 Å². The van der Waals surface area contributed by atoms with Crippen molar-refractivity contribution in [1.29, 1.82) is 0 Å². The summed E-state index contributed by atoms with van der Waals surface area (Å²) in [4.78, 5) is 29.1. The minimum Gasteiger partial charge on any atom is -0.372 e. The van der Waals surface area contributed by atoms with Crippen molar-refractivity contribution < 1.29 is 14.1 Å². The fraction of sp³-hybridized carbons (Fsp3) is 0.333. The highest BCUT2D eigenvalue weighted by Gasteiger charge is 2.10. The second-order valence-corrected chi connectivity index (χ2v) is 3.87. The van der Waals surface area contributed by atoms with Crippen molar-refractivity contribution >= 4 is 5.91 Å². The Kier molecular flexibility index (Phi) is 4.61. The van der Waals surface area contributed by atoms with Crippen molar-refractivity contribution in [3.05, 3.63) is 34.6 Å². The van der Waals surface area contributed by atoms with Gasteiger partial charge < -0.3 is 19.6 Å². The van der Waals surface area contributed by atoms with E-state index in [2.05, 4.69) is 20.4 Å². The Hall–Kier alpha value is -2.48. The summed E-state index contributed by atoms with van der Waals surface area (Å²) < 4.78 is 9.94. The lowest BCUT2D eigenvalue weighted by Gasteiger charge is -2.01. The third-order valence-corrected chi connectivity index (χ3v) is 2.38. The molecular formula is C12H14N4O4. The van der Waals surface area contributed by atoms with Gasteiger partial charge in [-0.15, -0.1) is 0 Å². The van der Waals surface area contributed by atoms with Crippen LogP contribution < -0.4 is 10.9 Å². The maximum atomic E-state index is 11.3. The molecule has 0 aliphatic heterocycles. The number of nitrogens with zero attached hydrogens (tertiary/aromatic N) is 2. The molecule has 0 aliphatic rings. The minimum absolute atomic E-state index is 0.00838. The monoisotopic (exact) mass is 278 g/mol. The van der Waals surface area contributed by atoms with Gasteiger partial charge in [-0.1, -0.05) is 5.16 Å². The topological polar surface area (TPSA) is 110 Å². The normalized spacial score (nSPS) is 10.4. The minimum atomic E-state index is -0.261. The molecule has 0 saturated heterocycles. The van der Waals surface area contributed by atoms with Gasteiger partial charge in [0.1, 0.15) is 6.61 Å². The molecule has 0 aliphatic carbocycles. The first-order chi connectivity index (χ1) is 9.69. The van der Waals surface area contributed by atoms with Gasteiger partial charge in [0, 0.05) is 24.4 Å². The fourth-order valence-electron chi connectivity index (χ4n) is 1.45. The number of aromatic nitrogens is 3. The number of hydrogen-bond acceptors (Lipinski definition) is 6. The van der Waals surface area contributed by atoms with Crippen LogP contribution >= 0.6 is 0 Å². The zero-order valence-electron chi connectivity index (χ0n) is 10.9. The third kappa shape index (κ3) is 3.75. The van der Waals surface area contributed by atoms with Crippen LogP contribution in [0.3, 0.4) is 0 Å². The maximum Gasteiger partial charge on any atom is 0.248 e. The molecule has 2 aromatic heterocycles. The summed E-state index contributed by atoms with van der Waals surface area (Å²) in [5, 5.41) is 6.33. The van der Waals surface area contributed by atoms with Crippen molar-refractivity contribution in [2.24, 2.45) is 0 Å². The van der Waals surface area contributed by atoms with Crippen molar-refractivity contribution in [3.8, 4) is 11.4 Å². The second-order valence-electron chi connectivity index (χ2n) is 3.87. The smallest absolute Gasteiger partial charge is 0.248 e. The SMILES string of the molecule is CCOCC(=O)NCc1nc(-c2cc[nH]c(=O)c2)no1. The van der Waals surface area contributed by atoms with Crippen LogP contribution in [0.1, 0.15) is 12.8 Å². The largest absolute Gasteiger partial charge is 0.372 e. The van der Waals surface area contributed by atoms with Crippen LogP contribution in [0.15, 0.2) is 27.6 Å². The molecule has 0 atom stereocenters. The van der Waals surface area contributed by atoms with E-state index in [9.17, 15) is 9.59 Å². The summed E-state index contributed by atoms with van der Waals surface area (Å²) in [5.74, 6) is 0.290. The lowest BCUT2D eigenvalue weighted by atomic mass is 10.2. The molecule has 1 amide bonds. The molecule has 8 heteroatoms. The molecule has 2 rings (SSSR count). The Balaban J connectivity index is 1.96. The van der Waals surface area contributed by atoms with Crippen LogP contribution in [0, 0.1) is 0 Å². The Bertz CT molecular complexity index is 634. The third-order valence-electron chi connectivity index (χ3n) is 2.38. The first-order valence-corrected chi connectivity index (χ1v) is 6.05. The number of H-pyrrole nitrogens is 1. The van der Waals surface area contributed by atoms with Crippen LogP contribution in [-0.4, -0.2) is 34.2 Å². The molecule has 0 radical (unpaired) electrons. The molecule has 20 heavy (non-hydrogen) atoms. The number of carbonyl (C=O) groups excluding carboxylic acids is 1. The predicted molar refractivity (Wildman–Crippen MR) is 68.7 cm³/mol. The summed E-state index contributed by atoms with van der Waals surface area (Å²) in [6.07, 6.45) is 1.50. The lowest BCUT2D eigenvalue weighted by Crippen LogP contribution is -2.27. The number of aromatic amines is 1. The molecule has 2 heterocycles. The van der Waals surface area contributed by atoms with Crippen LogP contribution in [0.4, 0.5) is 0 Å². The fourth-order valence-corrected chi connectivity index (χ4v) is 1.45.